The molecule has 0 spiro atoms. The van der Waals surface area contributed by atoms with Gasteiger partial charge in [-0.2, -0.15) is 0 Å². The molecule has 4 rings (SSSR count). The lowest BCUT2D eigenvalue weighted by molar-refractivity contribution is 0.634. The maximum absolute atomic E-state index is 6.21. The Kier molecular flexibility index (Phi) is 5.29. The van der Waals surface area contributed by atoms with Gasteiger partial charge in [0, 0.05) is 56.2 Å². The van der Waals surface area contributed by atoms with Crippen molar-refractivity contribution in [3.05, 3.63) is 65.7 Å². The molecule has 1 fully saturated rings. The van der Waals surface area contributed by atoms with Crippen LogP contribution in [0.1, 0.15) is 5.56 Å². The van der Waals surface area contributed by atoms with Gasteiger partial charge < -0.3 is 15.1 Å². The van der Waals surface area contributed by atoms with Gasteiger partial charge in [-0.05, 0) is 17.7 Å². The summed E-state index contributed by atoms with van der Waals surface area (Å²) in [7, 11) is 0. The van der Waals surface area contributed by atoms with Crippen LogP contribution in [0.2, 0.25) is 5.02 Å². The number of hydrogen-bond donors (Lipinski definition) is 1. The van der Waals surface area contributed by atoms with Crippen LogP contribution in [0.15, 0.2) is 55.1 Å². The average Bonchev–Trinajstić information content (AvgIpc) is 2.74. The normalized spacial score (nSPS) is 14.3. The molecule has 2 aromatic heterocycles. The Morgan fingerprint density at radius 2 is 1.63 bits per heavy atom. The maximum Gasteiger partial charge on any atom is 0.225 e. The van der Waals surface area contributed by atoms with Crippen LogP contribution in [0.3, 0.4) is 0 Å². The lowest BCUT2D eigenvalue weighted by Gasteiger charge is -2.35. The minimum Gasteiger partial charge on any atom is -0.366 e. The second-order valence-corrected chi connectivity index (χ2v) is 6.64. The van der Waals surface area contributed by atoms with Gasteiger partial charge >= 0.3 is 0 Å². The Morgan fingerprint density at radius 3 is 2.41 bits per heavy atom. The summed E-state index contributed by atoms with van der Waals surface area (Å²) in [5.74, 6) is 2.48. The molecule has 0 radical (unpaired) electrons. The molecule has 27 heavy (non-hydrogen) atoms. The predicted molar refractivity (Wildman–Crippen MR) is 107 cm³/mol. The zero-order chi connectivity index (χ0) is 18.5. The lowest BCUT2D eigenvalue weighted by Crippen LogP contribution is -2.47. The Labute approximate surface area is 163 Å². The van der Waals surface area contributed by atoms with E-state index in [9.17, 15) is 0 Å². The summed E-state index contributed by atoms with van der Waals surface area (Å²) in [6.45, 7) is 4.06. The van der Waals surface area contributed by atoms with Crippen molar-refractivity contribution < 1.29 is 0 Å². The van der Waals surface area contributed by atoms with Crippen molar-refractivity contribution in [3.63, 3.8) is 0 Å². The Balaban J connectivity index is 1.37. The molecule has 1 aliphatic rings. The van der Waals surface area contributed by atoms with Crippen molar-refractivity contribution in [3.8, 4) is 0 Å². The molecule has 1 aromatic carbocycles. The number of aromatic nitrogens is 4. The van der Waals surface area contributed by atoms with E-state index >= 15 is 0 Å². The SMILES string of the molecule is Clc1ccccc1CNc1cc(N2CCN(c3ncccn3)CC2)ncn1. The van der Waals surface area contributed by atoms with Crippen LogP contribution in [0.4, 0.5) is 17.6 Å². The van der Waals surface area contributed by atoms with Crippen LogP contribution in [0.25, 0.3) is 0 Å². The Morgan fingerprint density at radius 1 is 0.889 bits per heavy atom. The Bertz CT molecular complexity index is 882. The van der Waals surface area contributed by atoms with E-state index in [0.717, 1.165) is 54.3 Å². The first-order valence-electron chi connectivity index (χ1n) is 8.86. The molecule has 0 amide bonds. The molecule has 0 bridgehead atoms. The maximum atomic E-state index is 6.21. The van der Waals surface area contributed by atoms with Gasteiger partial charge in [-0.3, -0.25) is 0 Å². The highest BCUT2D eigenvalue weighted by Crippen LogP contribution is 2.20. The highest BCUT2D eigenvalue weighted by molar-refractivity contribution is 6.31. The lowest BCUT2D eigenvalue weighted by atomic mass is 10.2. The van der Waals surface area contributed by atoms with Crippen molar-refractivity contribution in [1.29, 1.82) is 0 Å². The molecule has 0 aliphatic carbocycles. The van der Waals surface area contributed by atoms with E-state index in [-0.39, 0.29) is 0 Å². The van der Waals surface area contributed by atoms with Crippen LogP contribution < -0.4 is 15.1 Å². The monoisotopic (exact) mass is 381 g/mol. The summed E-state index contributed by atoms with van der Waals surface area (Å²) in [6, 6.07) is 11.6. The number of anilines is 3. The van der Waals surface area contributed by atoms with Crippen LogP contribution >= 0.6 is 11.6 Å². The van der Waals surface area contributed by atoms with Gasteiger partial charge in [-0.15, -0.1) is 0 Å². The van der Waals surface area contributed by atoms with E-state index < -0.39 is 0 Å². The first kappa shape index (κ1) is 17.5. The molecule has 7 nitrogen and oxygen atoms in total. The molecule has 0 unspecified atom stereocenters. The second kappa shape index (κ2) is 8.18. The van der Waals surface area contributed by atoms with Gasteiger partial charge in [0.2, 0.25) is 5.95 Å². The number of hydrogen-bond acceptors (Lipinski definition) is 7. The van der Waals surface area contributed by atoms with Gasteiger partial charge in [0.25, 0.3) is 0 Å². The number of halogens is 1. The third-order valence-electron chi connectivity index (χ3n) is 4.51. The standard InChI is InChI=1S/C19H20ClN7/c20-16-5-2-1-4-15(16)13-23-17-12-18(25-14-24-17)26-8-10-27(11-9-26)19-21-6-3-7-22-19/h1-7,12,14H,8-11,13H2,(H,23,24,25). The molecule has 8 heteroatoms. The largest absolute Gasteiger partial charge is 0.366 e. The molecular formula is C19H20ClN7. The minimum atomic E-state index is 0.620. The van der Waals surface area contributed by atoms with E-state index in [1.807, 2.05) is 36.4 Å². The third kappa shape index (κ3) is 4.25. The number of rotatable bonds is 5. The highest BCUT2D eigenvalue weighted by Gasteiger charge is 2.20. The highest BCUT2D eigenvalue weighted by atomic mass is 35.5. The van der Waals surface area contributed by atoms with Gasteiger partial charge in [-0.1, -0.05) is 29.8 Å². The van der Waals surface area contributed by atoms with Gasteiger partial charge in [0.1, 0.15) is 18.0 Å². The number of piperazine rings is 1. The van der Waals surface area contributed by atoms with Gasteiger partial charge in [0.15, 0.2) is 0 Å². The summed E-state index contributed by atoms with van der Waals surface area (Å²) >= 11 is 6.21. The fraction of sp³-hybridized carbons (Fsp3) is 0.263. The second-order valence-electron chi connectivity index (χ2n) is 6.23. The first-order valence-corrected chi connectivity index (χ1v) is 9.23. The number of nitrogens with zero attached hydrogens (tertiary/aromatic N) is 6. The molecule has 3 aromatic rings. The van der Waals surface area contributed by atoms with E-state index in [1.165, 1.54) is 0 Å². The summed E-state index contributed by atoms with van der Waals surface area (Å²) < 4.78 is 0. The van der Waals surface area contributed by atoms with Crippen LogP contribution in [-0.4, -0.2) is 46.1 Å². The minimum absolute atomic E-state index is 0.620. The summed E-state index contributed by atoms with van der Waals surface area (Å²) in [5, 5.41) is 4.07. The number of benzene rings is 1. The van der Waals surface area contributed by atoms with Crippen LogP contribution in [-0.2, 0) is 6.54 Å². The zero-order valence-electron chi connectivity index (χ0n) is 14.8. The van der Waals surface area contributed by atoms with Crippen molar-refractivity contribution in [1.82, 2.24) is 19.9 Å². The van der Waals surface area contributed by atoms with E-state index in [2.05, 4.69) is 35.1 Å². The fourth-order valence-electron chi connectivity index (χ4n) is 3.03. The van der Waals surface area contributed by atoms with Crippen molar-refractivity contribution in [2.75, 3.05) is 41.3 Å². The van der Waals surface area contributed by atoms with Crippen molar-refractivity contribution in [2.24, 2.45) is 0 Å². The average molecular weight is 382 g/mol. The van der Waals surface area contributed by atoms with E-state index in [4.69, 9.17) is 11.6 Å². The predicted octanol–water partition coefficient (Wildman–Crippen LogP) is 2.86. The van der Waals surface area contributed by atoms with Gasteiger partial charge in [-0.25, -0.2) is 19.9 Å². The summed E-state index contributed by atoms with van der Waals surface area (Å²) in [6.07, 6.45) is 5.14. The molecule has 0 atom stereocenters. The third-order valence-corrected chi connectivity index (χ3v) is 4.88. The molecule has 0 saturated carbocycles. The zero-order valence-corrected chi connectivity index (χ0v) is 15.5. The molecule has 138 valence electrons. The van der Waals surface area contributed by atoms with Gasteiger partial charge in [0.05, 0.1) is 0 Å². The summed E-state index contributed by atoms with van der Waals surface area (Å²) in [5.41, 5.74) is 1.04. The quantitative estimate of drug-likeness (QED) is 0.728. The molecule has 3 heterocycles. The Hall–Kier alpha value is -2.93. The van der Waals surface area contributed by atoms with Crippen molar-refractivity contribution in [2.45, 2.75) is 6.54 Å². The van der Waals surface area contributed by atoms with Crippen molar-refractivity contribution >= 4 is 29.2 Å². The molecule has 1 N–H and O–H groups in total. The molecule has 1 aliphatic heterocycles. The first-order chi connectivity index (χ1) is 13.3. The smallest absolute Gasteiger partial charge is 0.225 e. The molecular weight excluding hydrogens is 362 g/mol. The molecule has 1 saturated heterocycles. The van der Waals surface area contributed by atoms with Crippen LogP contribution in [0, 0.1) is 0 Å². The fourth-order valence-corrected chi connectivity index (χ4v) is 3.24. The summed E-state index contributed by atoms with van der Waals surface area (Å²) in [4.78, 5) is 21.8. The topological polar surface area (TPSA) is 70.1 Å². The van der Waals surface area contributed by atoms with Crippen LogP contribution in [0.5, 0.6) is 0 Å². The van der Waals surface area contributed by atoms with E-state index in [0.29, 0.717) is 6.54 Å². The number of nitrogens with one attached hydrogen (secondary N) is 1. The van der Waals surface area contributed by atoms with E-state index in [1.54, 1.807) is 18.7 Å².